The van der Waals surface area contributed by atoms with E-state index in [1.165, 1.54) is 12.4 Å². The van der Waals surface area contributed by atoms with Crippen LogP contribution in [-0.4, -0.2) is 46.9 Å². The zero-order chi connectivity index (χ0) is 15.7. The smallest absolute Gasteiger partial charge is 0.356 e. The maximum atomic E-state index is 11.0. The fourth-order valence-electron chi connectivity index (χ4n) is 2.23. The number of nitrogens with one attached hydrogen (secondary N) is 1. The van der Waals surface area contributed by atoms with Crippen LogP contribution in [0.1, 0.15) is 22.2 Å². The maximum Gasteiger partial charge on any atom is 0.356 e. The summed E-state index contributed by atoms with van der Waals surface area (Å²) in [5, 5.41) is 25.8. The molecule has 0 aromatic carbocycles. The molecule has 3 aromatic rings. The van der Waals surface area contributed by atoms with Crippen molar-refractivity contribution in [3.05, 3.63) is 42.2 Å². The van der Waals surface area contributed by atoms with E-state index in [0.717, 1.165) is 5.69 Å². The Morgan fingerprint density at radius 3 is 2.91 bits per heavy atom. The van der Waals surface area contributed by atoms with Gasteiger partial charge in [0.05, 0.1) is 18.3 Å². The van der Waals surface area contributed by atoms with E-state index in [0.29, 0.717) is 11.5 Å². The van der Waals surface area contributed by atoms with Gasteiger partial charge in [0.1, 0.15) is 0 Å². The minimum atomic E-state index is -1.11. The second-order valence-electron chi connectivity index (χ2n) is 4.70. The van der Waals surface area contributed by atoms with Crippen LogP contribution in [0.15, 0.2) is 30.9 Å². The molecule has 0 spiro atoms. The highest BCUT2D eigenvalue weighted by atomic mass is 16.4. The van der Waals surface area contributed by atoms with Crippen LogP contribution in [0.5, 0.6) is 0 Å². The van der Waals surface area contributed by atoms with Crippen molar-refractivity contribution >= 4 is 17.4 Å². The lowest BCUT2D eigenvalue weighted by Crippen LogP contribution is -2.19. The van der Waals surface area contributed by atoms with Gasteiger partial charge in [-0.15, -0.1) is 0 Å². The standard InChI is InChI=1S/C13H14N6O3/c1-18-10(2-3-15-18)9(7-20)16-11-12-17-8(13(21)22)6-19(12)5-4-14-11/h2-6,9,20H,7H2,1H3,(H,14,16)(H,21,22). The van der Waals surface area contributed by atoms with Gasteiger partial charge < -0.3 is 19.9 Å². The number of hydrogen-bond acceptors (Lipinski definition) is 6. The highest BCUT2D eigenvalue weighted by Gasteiger charge is 2.18. The Morgan fingerprint density at radius 1 is 1.45 bits per heavy atom. The van der Waals surface area contributed by atoms with Crippen LogP contribution in [-0.2, 0) is 7.05 Å². The number of anilines is 1. The molecule has 114 valence electrons. The highest BCUT2D eigenvalue weighted by Crippen LogP contribution is 2.20. The maximum absolute atomic E-state index is 11.0. The molecule has 3 rings (SSSR count). The average molecular weight is 302 g/mol. The van der Waals surface area contributed by atoms with Gasteiger partial charge in [-0.2, -0.15) is 5.10 Å². The van der Waals surface area contributed by atoms with Gasteiger partial charge in [-0.3, -0.25) is 4.68 Å². The lowest BCUT2D eigenvalue weighted by molar-refractivity contribution is 0.0691. The van der Waals surface area contributed by atoms with Crippen molar-refractivity contribution < 1.29 is 15.0 Å². The predicted molar refractivity (Wildman–Crippen MR) is 76.6 cm³/mol. The molecule has 3 aromatic heterocycles. The summed E-state index contributed by atoms with van der Waals surface area (Å²) in [4.78, 5) is 19.2. The number of aromatic nitrogens is 5. The first-order chi connectivity index (χ1) is 10.6. The van der Waals surface area contributed by atoms with E-state index in [9.17, 15) is 9.90 Å². The van der Waals surface area contributed by atoms with E-state index in [2.05, 4.69) is 20.4 Å². The Hall–Kier alpha value is -2.94. The third-order valence-electron chi connectivity index (χ3n) is 3.30. The lowest BCUT2D eigenvalue weighted by atomic mass is 10.2. The number of aliphatic hydroxyl groups excluding tert-OH is 1. The second kappa shape index (κ2) is 5.45. The second-order valence-corrected chi connectivity index (χ2v) is 4.70. The molecule has 1 unspecified atom stereocenters. The molecule has 3 N–H and O–H groups in total. The van der Waals surface area contributed by atoms with Crippen LogP contribution >= 0.6 is 0 Å². The van der Waals surface area contributed by atoms with Crippen molar-refractivity contribution in [2.24, 2.45) is 7.05 Å². The van der Waals surface area contributed by atoms with Crippen LogP contribution in [0, 0.1) is 0 Å². The number of aliphatic hydroxyl groups is 1. The summed E-state index contributed by atoms with van der Waals surface area (Å²) in [6, 6.07) is 1.35. The third-order valence-corrected chi connectivity index (χ3v) is 3.30. The summed E-state index contributed by atoms with van der Waals surface area (Å²) in [5.74, 6) is -0.727. The number of carbonyl (C=O) groups is 1. The molecule has 0 saturated heterocycles. The molecule has 3 heterocycles. The van der Waals surface area contributed by atoms with Gasteiger partial charge in [0.15, 0.2) is 17.2 Å². The molecule has 0 aliphatic carbocycles. The molecule has 0 amide bonds. The molecule has 9 heteroatoms. The van der Waals surface area contributed by atoms with Gasteiger partial charge in [-0.05, 0) is 6.07 Å². The summed E-state index contributed by atoms with van der Waals surface area (Å²) < 4.78 is 3.21. The monoisotopic (exact) mass is 302 g/mol. The van der Waals surface area contributed by atoms with Crippen molar-refractivity contribution in [2.75, 3.05) is 11.9 Å². The first kappa shape index (κ1) is 14.0. The van der Waals surface area contributed by atoms with Gasteiger partial charge >= 0.3 is 5.97 Å². The Balaban J connectivity index is 1.99. The fourth-order valence-corrected chi connectivity index (χ4v) is 2.23. The number of fused-ring (bicyclic) bond motifs is 1. The topological polar surface area (TPSA) is 118 Å². The first-order valence-electron chi connectivity index (χ1n) is 6.52. The summed E-state index contributed by atoms with van der Waals surface area (Å²) >= 11 is 0. The predicted octanol–water partition coefficient (Wildman–Crippen LogP) is 0.306. The van der Waals surface area contributed by atoms with Crippen molar-refractivity contribution in [1.29, 1.82) is 0 Å². The van der Waals surface area contributed by atoms with Crippen LogP contribution in [0.3, 0.4) is 0 Å². The van der Waals surface area contributed by atoms with E-state index in [4.69, 9.17) is 5.11 Å². The van der Waals surface area contributed by atoms with E-state index in [-0.39, 0.29) is 12.3 Å². The summed E-state index contributed by atoms with van der Waals surface area (Å²) in [5.41, 5.74) is 1.08. The molecule has 9 nitrogen and oxygen atoms in total. The fraction of sp³-hybridized carbons (Fsp3) is 0.231. The zero-order valence-corrected chi connectivity index (χ0v) is 11.7. The Morgan fingerprint density at radius 2 is 2.27 bits per heavy atom. The number of carboxylic acid groups (broad SMARTS) is 1. The Labute approximate surface area is 124 Å². The van der Waals surface area contributed by atoms with Crippen LogP contribution in [0.2, 0.25) is 0 Å². The third kappa shape index (κ3) is 2.37. The molecule has 0 aliphatic rings. The highest BCUT2D eigenvalue weighted by molar-refractivity contribution is 5.86. The van der Waals surface area contributed by atoms with Gasteiger partial charge in [-0.1, -0.05) is 0 Å². The summed E-state index contributed by atoms with van der Waals surface area (Å²) in [6.07, 6.45) is 6.17. The molecular formula is C13H14N6O3. The summed E-state index contributed by atoms with van der Waals surface area (Å²) in [7, 11) is 1.77. The van der Waals surface area contributed by atoms with E-state index >= 15 is 0 Å². The first-order valence-corrected chi connectivity index (χ1v) is 6.52. The number of rotatable bonds is 5. The molecule has 0 fully saturated rings. The molecular weight excluding hydrogens is 288 g/mol. The number of imidazole rings is 1. The normalized spacial score (nSPS) is 12.5. The van der Waals surface area contributed by atoms with Crippen LogP contribution in [0.25, 0.3) is 5.65 Å². The van der Waals surface area contributed by atoms with E-state index < -0.39 is 12.0 Å². The Bertz CT molecular complexity index is 824. The minimum Gasteiger partial charge on any atom is -0.476 e. The SMILES string of the molecule is Cn1nccc1C(CO)Nc1nccn2cc(C(=O)O)nc12. The van der Waals surface area contributed by atoms with Gasteiger partial charge in [-0.25, -0.2) is 14.8 Å². The number of aryl methyl sites for hydroxylation is 1. The molecule has 0 aliphatic heterocycles. The lowest BCUT2D eigenvalue weighted by Gasteiger charge is -2.17. The zero-order valence-electron chi connectivity index (χ0n) is 11.7. The summed E-state index contributed by atoms with van der Waals surface area (Å²) in [6.45, 7) is -0.172. The number of carboxylic acids is 1. The van der Waals surface area contributed by atoms with Gasteiger partial charge in [0.2, 0.25) is 0 Å². The van der Waals surface area contributed by atoms with Crippen molar-refractivity contribution in [3.8, 4) is 0 Å². The average Bonchev–Trinajstić information content (AvgIpc) is 3.11. The molecule has 0 bridgehead atoms. The quantitative estimate of drug-likeness (QED) is 0.620. The molecule has 0 saturated carbocycles. The largest absolute Gasteiger partial charge is 0.476 e. The number of aromatic carboxylic acids is 1. The van der Waals surface area contributed by atoms with Crippen LogP contribution in [0.4, 0.5) is 5.82 Å². The van der Waals surface area contributed by atoms with E-state index in [1.54, 1.807) is 34.6 Å². The number of hydrogen-bond donors (Lipinski definition) is 3. The van der Waals surface area contributed by atoms with E-state index in [1.807, 2.05) is 0 Å². The number of nitrogens with zero attached hydrogens (tertiary/aromatic N) is 5. The molecule has 0 radical (unpaired) electrons. The van der Waals surface area contributed by atoms with Crippen molar-refractivity contribution in [1.82, 2.24) is 24.1 Å². The Kier molecular flexibility index (Phi) is 3.47. The molecule has 22 heavy (non-hydrogen) atoms. The van der Waals surface area contributed by atoms with Gasteiger partial charge in [0, 0.05) is 31.8 Å². The molecule has 1 atom stereocenters. The van der Waals surface area contributed by atoms with Crippen LogP contribution < -0.4 is 5.32 Å². The van der Waals surface area contributed by atoms with Crippen molar-refractivity contribution in [3.63, 3.8) is 0 Å². The minimum absolute atomic E-state index is 0.0721. The van der Waals surface area contributed by atoms with Crippen molar-refractivity contribution in [2.45, 2.75) is 6.04 Å². The van der Waals surface area contributed by atoms with Gasteiger partial charge in [0.25, 0.3) is 0 Å².